The number of rotatable bonds is 8. The zero-order valence-electron chi connectivity index (χ0n) is 8.64. The van der Waals surface area contributed by atoms with E-state index in [-0.39, 0.29) is 11.8 Å². The van der Waals surface area contributed by atoms with Crippen LogP contribution in [0.25, 0.3) is 0 Å². The Morgan fingerprint density at radius 3 is 2.50 bits per heavy atom. The third-order valence-electron chi connectivity index (χ3n) is 1.70. The Bertz CT molecular complexity index is 183. The van der Waals surface area contributed by atoms with Gasteiger partial charge in [0.25, 0.3) is 0 Å². The van der Waals surface area contributed by atoms with E-state index in [1.807, 2.05) is 6.92 Å². The molecule has 0 aliphatic heterocycles. The number of hydrogen-bond acceptors (Lipinski definition) is 3. The maximum absolute atomic E-state index is 11.1. The number of carbonyl (C=O) groups excluding carboxylic acids is 2. The monoisotopic (exact) mass is 201 g/mol. The fourth-order valence-corrected chi connectivity index (χ4v) is 0.958. The van der Waals surface area contributed by atoms with E-state index in [9.17, 15) is 9.59 Å². The molecule has 0 unspecified atom stereocenters. The maximum atomic E-state index is 11.1. The number of amides is 2. The number of nitrogens with two attached hydrogens (primary N) is 1. The molecule has 0 aliphatic rings. The van der Waals surface area contributed by atoms with Gasteiger partial charge in [-0.3, -0.25) is 9.59 Å². The normalized spacial score (nSPS) is 9.79. The summed E-state index contributed by atoms with van der Waals surface area (Å²) in [5.74, 6) is -0.317. The Balaban J connectivity index is 3.22. The summed E-state index contributed by atoms with van der Waals surface area (Å²) in [6, 6.07) is 0. The topological polar surface area (TPSA) is 84.2 Å². The minimum absolute atomic E-state index is 0.00965. The predicted molar refractivity (Wildman–Crippen MR) is 54.6 cm³/mol. The van der Waals surface area contributed by atoms with Crippen LogP contribution < -0.4 is 16.4 Å². The molecule has 0 aliphatic carbocycles. The van der Waals surface area contributed by atoms with Gasteiger partial charge in [-0.05, 0) is 13.0 Å². The molecule has 0 aromatic heterocycles. The van der Waals surface area contributed by atoms with Crippen LogP contribution in [-0.2, 0) is 9.59 Å². The van der Waals surface area contributed by atoms with E-state index in [0.717, 1.165) is 6.54 Å². The fourth-order valence-electron chi connectivity index (χ4n) is 0.958. The van der Waals surface area contributed by atoms with E-state index in [4.69, 9.17) is 5.73 Å². The highest BCUT2D eigenvalue weighted by Gasteiger charge is 1.99. The molecule has 0 bridgehead atoms. The minimum Gasteiger partial charge on any atom is -0.370 e. The van der Waals surface area contributed by atoms with Gasteiger partial charge in [0.05, 0.1) is 0 Å². The minimum atomic E-state index is -0.327. The molecule has 0 aromatic carbocycles. The highest BCUT2D eigenvalue weighted by molar-refractivity contribution is 5.76. The fraction of sp³-hybridized carbons (Fsp3) is 0.778. The molecule has 0 spiro atoms. The third kappa shape index (κ3) is 8.99. The van der Waals surface area contributed by atoms with E-state index in [1.54, 1.807) is 0 Å². The second-order valence-corrected chi connectivity index (χ2v) is 3.02. The van der Waals surface area contributed by atoms with E-state index in [1.165, 1.54) is 0 Å². The summed E-state index contributed by atoms with van der Waals surface area (Å²) in [4.78, 5) is 21.4. The molecule has 0 fully saturated rings. The second kappa shape index (κ2) is 8.50. The largest absolute Gasteiger partial charge is 0.370 e. The lowest BCUT2D eigenvalue weighted by atomic mass is 10.3. The van der Waals surface area contributed by atoms with Crippen molar-refractivity contribution < 1.29 is 9.59 Å². The molecule has 82 valence electrons. The molecule has 0 heterocycles. The van der Waals surface area contributed by atoms with Crippen molar-refractivity contribution in [1.29, 1.82) is 0 Å². The predicted octanol–water partition coefficient (Wildman–Crippen LogP) is -0.632. The van der Waals surface area contributed by atoms with Gasteiger partial charge in [-0.15, -0.1) is 0 Å². The Morgan fingerprint density at radius 2 is 1.93 bits per heavy atom. The van der Waals surface area contributed by atoms with Gasteiger partial charge < -0.3 is 16.4 Å². The van der Waals surface area contributed by atoms with Gasteiger partial charge in [0.15, 0.2) is 0 Å². The van der Waals surface area contributed by atoms with Crippen molar-refractivity contribution in [3.05, 3.63) is 0 Å². The zero-order chi connectivity index (χ0) is 10.8. The van der Waals surface area contributed by atoms with Crippen LogP contribution >= 0.6 is 0 Å². The van der Waals surface area contributed by atoms with Gasteiger partial charge in [0.1, 0.15) is 0 Å². The summed E-state index contributed by atoms with van der Waals surface area (Å²) in [6.45, 7) is 4.08. The van der Waals surface area contributed by atoms with Gasteiger partial charge in [0, 0.05) is 25.9 Å². The third-order valence-corrected chi connectivity index (χ3v) is 1.70. The molecule has 4 N–H and O–H groups in total. The molecule has 0 saturated carbocycles. The van der Waals surface area contributed by atoms with Gasteiger partial charge in [-0.25, -0.2) is 0 Å². The number of nitrogens with one attached hydrogen (secondary N) is 2. The maximum Gasteiger partial charge on any atom is 0.221 e. The quantitative estimate of drug-likeness (QED) is 0.457. The molecular formula is C9H19N3O2. The number of carbonyl (C=O) groups is 2. The second-order valence-electron chi connectivity index (χ2n) is 3.02. The molecule has 5 nitrogen and oxygen atoms in total. The molecule has 0 radical (unpaired) electrons. The summed E-state index contributed by atoms with van der Waals surface area (Å²) in [6.07, 6.45) is 1.42. The summed E-state index contributed by atoms with van der Waals surface area (Å²) in [7, 11) is 0. The highest BCUT2D eigenvalue weighted by atomic mass is 16.2. The summed E-state index contributed by atoms with van der Waals surface area (Å²) in [5, 5.41) is 5.76. The van der Waals surface area contributed by atoms with Crippen LogP contribution in [0.5, 0.6) is 0 Å². The molecule has 0 saturated heterocycles. The van der Waals surface area contributed by atoms with Crippen molar-refractivity contribution in [3.63, 3.8) is 0 Å². The van der Waals surface area contributed by atoms with Crippen molar-refractivity contribution >= 4 is 11.8 Å². The first kappa shape index (κ1) is 12.9. The highest BCUT2D eigenvalue weighted by Crippen LogP contribution is 1.85. The van der Waals surface area contributed by atoms with Crippen molar-refractivity contribution in [2.75, 3.05) is 19.6 Å². The van der Waals surface area contributed by atoms with Crippen LogP contribution in [0.2, 0.25) is 0 Å². The van der Waals surface area contributed by atoms with Gasteiger partial charge in [-0.2, -0.15) is 0 Å². The molecule has 5 heteroatoms. The summed E-state index contributed by atoms with van der Waals surface area (Å²) >= 11 is 0. The van der Waals surface area contributed by atoms with Crippen molar-refractivity contribution in [2.45, 2.75) is 26.2 Å². The lowest BCUT2D eigenvalue weighted by Crippen LogP contribution is -2.28. The van der Waals surface area contributed by atoms with Crippen molar-refractivity contribution in [3.8, 4) is 0 Å². The Labute approximate surface area is 84.4 Å². The molecule has 14 heavy (non-hydrogen) atoms. The SMILES string of the molecule is CCNCCC(=O)NCCCC(N)=O. The smallest absolute Gasteiger partial charge is 0.221 e. The Hall–Kier alpha value is -1.10. The van der Waals surface area contributed by atoms with Crippen LogP contribution in [-0.4, -0.2) is 31.4 Å². The van der Waals surface area contributed by atoms with E-state index >= 15 is 0 Å². The number of primary amides is 1. The van der Waals surface area contributed by atoms with Crippen LogP contribution in [0.3, 0.4) is 0 Å². The van der Waals surface area contributed by atoms with Crippen LogP contribution in [0.4, 0.5) is 0 Å². The average molecular weight is 201 g/mol. The number of hydrogen-bond donors (Lipinski definition) is 3. The van der Waals surface area contributed by atoms with E-state index in [2.05, 4.69) is 10.6 Å². The van der Waals surface area contributed by atoms with Crippen molar-refractivity contribution in [2.24, 2.45) is 5.73 Å². The summed E-state index contributed by atoms with van der Waals surface area (Å²) in [5.41, 5.74) is 4.95. The Kier molecular flexibility index (Phi) is 7.83. The van der Waals surface area contributed by atoms with Crippen LogP contribution in [0, 0.1) is 0 Å². The lowest BCUT2D eigenvalue weighted by molar-refractivity contribution is -0.121. The van der Waals surface area contributed by atoms with Gasteiger partial charge >= 0.3 is 0 Å². The standard InChI is InChI=1S/C9H19N3O2/c1-2-11-7-5-9(14)12-6-3-4-8(10)13/h11H,2-7H2,1H3,(H2,10,13)(H,12,14). The van der Waals surface area contributed by atoms with Gasteiger partial charge in [0.2, 0.25) is 11.8 Å². The first-order valence-electron chi connectivity index (χ1n) is 4.92. The van der Waals surface area contributed by atoms with Crippen LogP contribution in [0.15, 0.2) is 0 Å². The molecule has 0 rings (SSSR count). The average Bonchev–Trinajstić information content (AvgIpc) is 2.13. The first-order chi connectivity index (χ1) is 6.66. The molecular weight excluding hydrogens is 182 g/mol. The molecule has 0 atom stereocenters. The summed E-state index contributed by atoms with van der Waals surface area (Å²) < 4.78 is 0. The van der Waals surface area contributed by atoms with Gasteiger partial charge in [-0.1, -0.05) is 6.92 Å². The zero-order valence-corrected chi connectivity index (χ0v) is 8.64. The Morgan fingerprint density at radius 1 is 1.21 bits per heavy atom. The van der Waals surface area contributed by atoms with Crippen LogP contribution in [0.1, 0.15) is 26.2 Å². The van der Waals surface area contributed by atoms with Crippen molar-refractivity contribution in [1.82, 2.24) is 10.6 Å². The lowest BCUT2D eigenvalue weighted by Gasteiger charge is -2.04. The first-order valence-corrected chi connectivity index (χ1v) is 4.92. The van der Waals surface area contributed by atoms with E-state index in [0.29, 0.717) is 32.4 Å². The van der Waals surface area contributed by atoms with E-state index < -0.39 is 0 Å². The molecule has 0 aromatic rings. The molecule has 2 amide bonds.